The molecule has 0 fully saturated rings. The molecule has 0 aliphatic carbocycles. The second-order valence-corrected chi connectivity index (χ2v) is 4.26. The summed E-state index contributed by atoms with van der Waals surface area (Å²) in [6.45, 7) is 3.93. The Labute approximate surface area is 102 Å². The van der Waals surface area contributed by atoms with E-state index in [-0.39, 0.29) is 6.61 Å². The van der Waals surface area contributed by atoms with Gasteiger partial charge in [-0.3, -0.25) is 0 Å². The van der Waals surface area contributed by atoms with Crippen molar-refractivity contribution in [3.8, 4) is 17.6 Å². The fraction of sp³-hybridized carbons (Fsp3) is 0.429. The fourth-order valence-electron chi connectivity index (χ4n) is 1.11. The number of hydrogen-bond acceptors (Lipinski definition) is 3. The predicted molar refractivity (Wildman–Crippen MR) is 66.8 cm³/mol. The summed E-state index contributed by atoms with van der Waals surface area (Å²) in [5.41, 5.74) is -0.141. The summed E-state index contributed by atoms with van der Waals surface area (Å²) >= 11 is 0. The van der Waals surface area contributed by atoms with Crippen LogP contribution in [0.3, 0.4) is 0 Å². The number of hydrogen-bond donors (Lipinski definition) is 2. The van der Waals surface area contributed by atoms with Gasteiger partial charge in [0.1, 0.15) is 11.4 Å². The summed E-state index contributed by atoms with van der Waals surface area (Å²) in [6, 6.07) is 7.33. The molecule has 1 aromatic carbocycles. The molecule has 3 nitrogen and oxygen atoms in total. The van der Waals surface area contributed by atoms with E-state index in [1.807, 2.05) is 24.3 Å². The molecule has 0 aliphatic heterocycles. The summed E-state index contributed by atoms with van der Waals surface area (Å²) in [5, 5.41) is 18.1. The zero-order chi connectivity index (χ0) is 12.7. The first kappa shape index (κ1) is 13.6. The lowest BCUT2D eigenvalue weighted by Crippen LogP contribution is -2.14. The largest absolute Gasteiger partial charge is 0.494 e. The molecular weight excluding hydrogens is 216 g/mol. The minimum absolute atomic E-state index is 0.134. The first-order valence-corrected chi connectivity index (χ1v) is 5.60. The molecule has 17 heavy (non-hydrogen) atoms. The summed E-state index contributed by atoms with van der Waals surface area (Å²) in [6.07, 6.45) is 0.625. The Kier molecular flexibility index (Phi) is 5.02. The third-order valence-electron chi connectivity index (χ3n) is 1.94. The molecule has 92 valence electrons. The van der Waals surface area contributed by atoms with Crippen molar-refractivity contribution in [3.63, 3.8) is 0 Å². The van der Waals surface area contributed by atoms with E-state index in [9.17, 15) is 5.11 Å². The van der Waals surface area contributed by atoms with E-state index in [0.29, 0.717) is 13.0 Å². The zero-order valence-corrected chi connectivity index (χ0v) is 10.2. The average molecular weight is 234 g/mol. The Balaban J connectivity index is 2.58. The van der Waals surface area contributed by atoms with E-state index >= 15 is 0 Å². The smallest absolute Gasteiger partial charge is 0.120 e. The van der Waals surface area contributed by atoms with Crippen molar-refractivity contribution in [1.29, 1.82) is 0 Å². The standard InChI is InChI=1S/C14H18O3/c1-14(2,16)9-8-12-4-6-13(7-5-12)17-11-3-10-15/h4-7,15-16H,3,10-11H2,1-2H3. The van der Waals surface area contributed by atoms with E-state index in [2.05, 4.69) is 11.8 Å². The second-order valence-electron chi connectivity index (χ2n) is 4.26. The van der Waals surface area contributed by atoms with Crippen LogP contribution < -0.4 is 4.74 Å². The topological polar surface area (TPSA) is 49.7 Å². The lowest BCUT2D eigenvalue weighted by molar-refractivity contribution is 0.143. The molecule has 0 aromatic heterocycles. The first-order valence-electron chi connectivity index (χ1n) is 5.60. The molecule has 1 rings (SSSR count). The van der Waals surface area contributed by atoms with Crippen molar-refractivity contribution in [1.82, 2.24) is 0 Å². The van der Waals surface area contributed by atoms with E-state index in [0.717, 1.165) is 11.3 Å². The van der Waals surface area contributed by atoms with Crippen LogP contribution in [-0.2, 0) is 0 Å². The maximum absolute atomic E-state index is 9.45. The highest BCUT2D eigenvalue weighted by molar-refractivity contribution is 5.39. The van der Waals surface area contributed by atoms with Gasteiger partial charge in [0.15, 0.2) is 0 Å². The molecule has 0 saturated carbocycles. The summed E-state index contributed by atoms with van der Waals surface area (Å²) in [4.78, 5) is 0. The Morgan fingerprint density at radius 3 is 2.41 bits per heavy atom. The van der Waals surface area contributed by atoms with Crippen molar-refractivity contribution in [2.24, 2.45) is 0 Å². The van der Waals surface area contributed by atoms with Crippen molar-refractivity contribution >= 4 is 0 Å². The number of benzene rings is 1. The molecule has 0 atom stereocenters. The lowest BCUT2D eigenvalue weighted by Gasteiger charge is -2.06. The van der Waals surface area contributed by atoms with Crippen LogP contribution in [-0.4, -0.2) is 29.0 Å². The van der Waals surface area contributed by atoms with E-state index < -0.39 is 5.60 Å². The third kappa shape index (κ3) is 5.96. The van der Waals surface area contributed by atoms with Crippen LogP contribution in [0.15, 0.2) is 24.3 Å². The zero-order valence-electron chi connectivity index (χ0n) is 10.2. The molecule has 2 N–H and O–H groups in total. The van der Waals surface area contributed by atoms with Crippen molar-refractivity contribution < 1.29 is 14.9 Å². The van der Waals surface area contributed by atoms with E-state index in [1.165, 1.54) is 0 Å². The monoisotopic (exact) mass is 234 g/mol. The van der Waals surface area contributed by atoms with Crippen LogP contribution in [0.2, 0.25) is 0 Å². The Morgan fingerprint density at radius 1 is 1.24 bits per heavy atom. The molecule has 0 heterocycles. The third-order valence-corrected chi connectivity index (χ3v) is 1.94. The van der Waals surface area contributed by atoms with Gasteiger partial charge in [0.2, 0.25) is 0 Å². The van der Waals surface area contributed by atoms with Gasteiger partial charge in [-0.25, -0.2) is 0 Å². The van der Waals surface area contributed by atoms with Gasteiger partial charge < -0.3 is 14.9 Å². The summed E-state index contributed by atoms with van der Waals surface area (Å²) in [5.74, 6) is 6.38. The minimum Gasteiger partial charge on any atom is -0.494 e. The number of aliphatic hydroxyl groups is 2. The molecule has 0 radical (unpaired) electrons. The molecular formula is C14H18O3. The van der Waals surface area contributed by atoms with Crippen LogP contribution in [0, 0.1) is 11.8 Å². The average Bonchev–Trinajstić information content (AvgIpc) is 2.27. The minimum atomic E-state index is -0.976. The number of aliphatic hydroxyl groups excluding tert-OH is 1. The molecule has 0 bridgehead atoms. The van der Waals surface area contributed by atoms with Gasteiger partial charge >= 0.3 is 0 Å². The molecule has 0 spiro atoms. The summed E-state index contributed by atoms with van der Waals surface area (Å²) in [7, 11) is 0. The predicted octanol–water partition coefficient (Wildman–Crippen LogP) is 1.57. The highest BCUT2D eigenvalue weighted by Crippen LogP contribution is 2.12. The SMILES string of the molecule is CC(C)(O)C#Cc1ccc(OCCCO)cc1. The Hall–Kier alpha value is -1.50. The van der Waals surface area contributed by atoms with E-state index in [4.69, 9.17) is 9.84 Å². The normalized spacial score (nSPS) is 10.6. The first-order chi connectivity index (χ1) is 8.01. The second kappa shape index (κ2) is 6.29. The van der Waals surface area contributed by atoms with Gasteiger partial charge in [0.25, 0.3) is 0 Å². The Bertz CT molecular complexity index is 390. The van der Waals surface area contributed by atoms with Crippen LogP contribution in [0.25, 0.3) is 0 Å². The molecule has 0 saturated heterocycles. The number of rotatable bonds is 4. The van der Waals surface area contributed by atoms with Crippen molar-refractivity contribution in [2.45, 2.75) is 25.9 Å². The fourth-order valence-corrected chi connectivity index (χ4v) is 1.11. The quantitative estimate of drug-likeness (QED) is 0.614. The maximum Gasteiger partial charge on any atom is 0.120 e. The molecule has 3 heteroatoms. The van der Waals surface area contributed by atoms with Crippen LogP contribution in [0.4, 0.5) is 0 Å². The van der Waals surface area contributed by atoms with Crippen molar-refractivity contribution in [3.05, 3.63) is 29.8 Å². The van der Waals surface area contributed by atoms with Crippen LogP contribution >= 0.6 is 0 Å². The molecule has 1 aromatic rings. The highest BCUT2D eigenvalue weighted by Gasteiger charge is 2.05. The molecule has 0 aliphatic rings. The van der Waals surface area contributed by atoms with Gasteiger partial charge in [-0.1, -0.05) is 11.8 Å². The van der Waals surface area contributed by atoms with Gasteiger partial charge in [0, 0.05) is 18.6 Å². The van der Waals surface area contributed by atoms with E-state index in [1.54, 1.807) is 13.8 Å². The maximum atomic E-state index is 9.45. The Morgan fingerprint density at radius 2 is 1.88 bits per heavy atom. The molecule has 0 amide bonds. The van der Waals surface area contributed by atoms with Crippen LogP contribution in [0.5, 0.6) is 5.75 Å². The van der Waals surface area contributed by atoms with Gasteiger partial charge in [-0.2, -0.15) is 0 Å². The van der Waals surface area contributed by atoms with Gasteiger partial charge in [0.05, 0.1) is 6.61 Å². The molecule has 0 unspecified atom stereocenters. The highest BCUT2D eigenvalue weighted by atomic mass is 16.5. The summed E-state index contributed by atoms with van der Waals surface area (Å²) < 4.78 is 5.39. The lowest BCUT2D eigenvalue weighted by atomic mass is 10.1. The van der Waals surface area contributed by atoms with Crippen molar-refractivity contribution in [2.75, 3.05) is 13.2 Å². The van der Waals surface area contributed by atoms with Gasteiger partial charge in [-0.05, 0) is 38.1 Å². The van der Waals surface area contributed by atoms with Crippen LogP contribution in [0.1, 0.15) is 25.8 Å². The number of ether oxygens (including phenoxy) is 1. The van der Waals surface area contributed by atoms with Gasteiger partial charge in [-0.15, -0.1) is 0 Å².